The van der Waals surface area contributed by atoms with Gasteiger partial charge in [-0.25, -0.2) is 0 Å². The van der Waals surface area contributed by atoms with Crippen LogP contribution in [0.3, 0.4) is 0 Å². The predicted octanol–water partition coefficient (Wildman–Crippen LogP) is 1.87. The first-order valence-corrected chi connectivity index (χ1v) is 2.92. The summed E-state index contributed by atoms with van der Waals surface area (Å²) in [6, 6.07) is 0. The van der Waals surface area contributed by atoms with Gasteiger partial charge in [0, 0.05) is 6.42 Å². The van der Waals surface area contributed by atoms with Gasteiger partial charge >= 0.3 is 0 Å². The van der Waals surface area contributed by atoms with Gasteiger partial charge in [-0.3, -0.25) is 0 Å². The summed E-state index contributed by atoms with van der Waals surface area (Å²) in [6.07, 6.45) is 7.09. The van der Waals surface area contributed by atoms with Crippen LogP contribution in [0.5, 0.6) is 0 Å². The quantitative estimate of drug-likeness (QED) is 0.527. The minimum atomic E-state index is 0.785. The lowest BCUT2D eigenvalue weighted by Gasteiger charge is -1.99. The maximum absolute atomic E-state index is 5.20. The molecule has 0 aromatic heterocycles. The molecular formula is C7H10O. The summed E-state index contributed by atoms with van der Waals surface area (Å²) in [4.78, 5) is 0. The number of allylic oxidation sites excluding steroid dienone is 3. The molecule has 0 aromatic carbocycles. The van der Waals surface area contributed by atoms with Gasteiger partial charge in [0.25, 0.3) is 0 Å². The van der Waals surface area contributed by atoms with Crippen molar-refractivity contribution in [3.63, 3.8) is 0 Å². The molecule has 1 aliphatic rings. The monoisotopic (exact) mass is 110 g/mol. The van der Waals surface area contributed by atoms with E-state index in [0.29, 0.717) is 0 Å². The molecule has 0 heterocycles. The Morgan fingerprint density at radius 2 is 2.62 bits per heavy atom. The van der Waals surface area contributed by atoms with Crippen molar-refractivity contribution in [1.29, 1.82) is 0 Å². The van der Waals surface area contributed by atoms with Crippen molar-refractivity contribution in [3.8, 4) is 0 Å². The Hall–Kier alpha value is -0.720. The molecule has 0 N–H and O–H groups in total. The van der Waals surface area contributed by atoms with Gasteiger partial charge in [-0.1, -0.05) is 12.2 Å². The van der Waals surface area contributed by atoms with E-state index in [-0.39, 0.29) is 0 Å². The fraction of sp³-hybridized carbons (Fsp3) is 0.429. The zero-order chi connectivity index (χ0) is 5.82. The lowest BCUT2D eigenvalue weighted by Crippen LogP contribution is -1.86. The molecule has 0 aromatic rings. The van der Waals surface area contributed by atoms with Gasteiger partial charge < -0.3 is 4.74 Å². The first-order valence-electron chi connectivity index (χ1n) is 2.92. The second-order valence-corrected chi connectivity index (χ2v) is 1.70. The summed E-state index contributed by atoms with van der Waals surface area (Å²) in [6.45, 7) is 2.78. The molecule has 1 nitrogen and oxygen atoms in total. The topological polar surface area (TPSA) is 9.23 Å². The minimum Gasteiger partial charge on any atom is -0.498 e. The van der Waals surface area contributed by atoms with Gasteiger partial charge in [-0.2, -0.15) is 0 Å². The fourth-order valence-electron chi connectivity index (χ4n) is 0.720. The van der Waals surface area contributed by atoms with Crippen LogP contribution in [-0.4, -0.2) is 6.61 Å². The van der Waals surface area contributed by atoms with Crippen LogP contribution in [-0.2, 0) is 4.74 Å². The van der Waals surface area contributed by atoms with Crippen molar-refractivity contribution in [2.75, 3.05) is 6.61 Å². The highest BCUT2D eigenvalue weighted by Crippen LogP contribution is 2.10. The van der Waals surface area contributed by atoms with Gasteiger partial charge in [-0.15, -0.1) is 0 Å². The molecule has 0 radical (unpaired) electrons. The van der Waals surface area contributed by atoms with E-state index in [2.05, 4.69) is 6.08 Å². The highest BCUT2D eigenvalue weighted by atomic mass is 16.5. The first-order chi connectivity index (χ1) is 3.93. The van der Waals surface area contributed by atoms with E-state index in [0.717, 1.165) is 18.8 Å². The van der Waals surface area contributed by atoms with Crippen LogP contribution in [0.2, 0.25) is 0 Å². The number of hydrogen-bond donors (Lipinski definition) is 0. The van der Waals surface area contributed by atoms with Gasteiger partial charge in [0.1, 0.15) is 0 Å². The Labute approximate surface area is 49.7 Å². The van der Waals surface area contributed by atoms with Crippen LogP contribution < -0.4 is 0 Å². The van der Waals surface area contributed by atoms with E-state index in [1.165, 1.54) is 0 Å². The highest BCUT2D eigenvalue weighted by molar-refractivity contribution is 5.18. The average molecular weight is 110 g/mol. The van der Waals surface area contributed by atoms with Crippen molar-refractivity contribution >= 4 is 0 Å². The van der Waals surface area contributed by atoms with Crippen LogP contribution in [0.4, 0.5) is 0 Å². The maximum Gasteiger partial charge on any atom is 0.0997 e. The van der Waals surface area contributed by atoms with Crippen molar-refractivity contribution in [1.82, 2.24) is 0 Å². The SMILES string of the molecule is CCOC1=CC=CC1. The van der Waals surface area contributed by atoms with Crippen LogP contribution >= 0.6 is 0 Å². The molecule has 0 saturated heterocycles. The summed E-state index contributed by atoms with van der Waals surface area (Å²) >= 11 is 0. The Bertz CT molecular complexity index is 122. The first kappa shape index (κ1) is 5.42. The standard InChI is InChI=1S/C7H10O/c1-2-8-7-5-3-4-6-7/h3-5H,2,6H2,1H3. The zero-order valence-electron chi connectivity index (χ0n) is 5.05. The second kappa shape index (κ2) is 2.55. The van der Waals surface area contributed by atoms with Gasteiger partial charge in [-0.05, 0) is 13.0 Å². The molecule has 44 valence electrons. The maximum atomic E-state index is 5.20. The Morgan fingerprint density at radius 1 is 1.75 bits per heavy atom. The molecule has 1 rings (SSSR count). The molecule has 1 aliphatic carbocycles. The van der Waals surface area contributed by atoms with Gasteiger partial charge in [0.15, 0.2) is 0 Å². The number of hydrogen-bond acceptors (Lipinski definition) is 1. The molecule has 0 unspecified atom stereocenters. The molecule has 0 fully saturated rings. The van der Waals surface area contributed by atoms with E-state index >= 15 is 0 Å². The van der Waals surface area contributed by atoms with Crippen LogP contribution in [0.25, 0.3) is 0 Å². The average Bonchev–Trinajstić information content (AvgIpc) is 2.19. The second-order valence-electron chi connectivity index (χ2n) is 1.70. The summed E-state index contributed by atoms with van der Waals surface area (Å²) in [5.74, 6) is 1.09. The molecule has 0 saturated carbocycles. The zero-order valence-corrected chi connectivity index (χ0v) is 5.05. The van der Waals surface area contributed by atoms with E-state index in [9.17, 15) is 0 Å². The third-order valence-corrected chi connectivity index (χ3v) is 1.07. The van der Waals surface area contributed by atoms with Crippen molar-refractivity contribution < 1.29 is 4.74 Å². The normalized spacial score (nSPS) is 16.4. The van der Waals surface area contributed by atoms with Crippen LogP contribution in [0.15, 0.2) is 24.0 Å². The highest BCUT2D eigenvalue weighted by Gasteiger charge is 1.95. The summed E-state index contributed by atoms with van der Waals surface area (Å²) < 4.78 is 5.20. The number of rotatable bonds is 2. The molecule has 8 heavy (non-hydrogen) atoms. The lowest BCUT2D eigenvalue weighted by atomic mass is 10.4. The third-order valence-electron chi connectivity index (χ3n) is 1.07. The Kier molecular flexibility index (Phi) is 1.73. The van der Waals surface area contributed by atoms with Gasteiger partial charge in [0.2, 0.25) is 0 Å². The molecular weight excluding hydrogens is 100 g/mol. The predicted molar refractivity (Wildman–Crippen MR) is 33.5 cm³/mol. The van der Waals surface area contributed by atoms with E-state index in [1.54, 1.807) is 0 Å². The van der Waals surface area contributed by atoms with Crippen LogP contribution in [0.1, 0.15) is 13.3 Å². The van der Waals surface area contributed by atoms with Crippen molar-refractivity contribution in [3.05, 3.63) is 24.0 Å². The van der Waals surface area contributed by atoms with E-state index in [4.69, 9.17) is 4.74 Å². The summed E-state index contributed by atoms with van der Waals surface area (Å²) in [5.41, 5.74) is 0. The molecule has 0 bridgehead atoms. The Morgan fingerprint density at radius 3 is 3.12 bits per heavy atom. The van der Waals surface area contributed by atoms with Crippen LogP contribution in [0, 0.1) is 0 Å². The summed E-state index contributed by atoms with van der Waals surface area (Å²) in [7, 11) is 0. The van der Waals surface area contributed by atoms with E-state index < -0.39 is 0 Å². The third kappa shape index (κ3) is 1.12. The van der Waals surface area contributed by atoms with Crippen molar-refractivity contribution in [2.24, 2.45) is 0 Å². The number of ether oxygens (including phenoxy) is 1. The smallest absolute Gasteiger partial charge is 0.0997 e. The minimum absolute atomic E-state index is 0.785. The molecule has 1 heteroatoms. The summed E-state index contributed by atoms with van der Waals surface area (Å²) in [5, 5.41) is 0. The molecule has 0 spiro atoms. The van der Waals surface area contributed by atoms with Gasteiger partial charge in [0.05, 0.1) is 12.4 Å². The fourth-order valence-corrected chi connectivity index (χ4v) is 0.720. The van der Waals surface area contributed by atoms with E-state index in [1.807, 2.05) is 19.1 Å². The molecule has 0 atom stereocenters. The lowest BCUT2D eigenvalue weighted by molar-refractivity contribution is 0.226. The van der Waals surface area contributed by atoms with Crippen molar-refractivity contribution in [2.45, 2.75) is 13.3 Å². The molecule has 0 amide bonds. The largest absolute Gasteiger partial charge is 0.498 e. The molecule has 0 aliphatic heterocycles. The Balaban J connectivity index is 2.28.